The number of nitrogens with one attached hydrogen (secondary N) is 1. The minimum absolute atomic E-state index is 0.0776. The summed E-state index contributed by atoms with van der Waals surface area (Å²) in [5.41, 5.74) is -1.47. The Labute approximate surface area is 112 Å². The van der Waals surface area contributed by atoms with Gasteiger partial charge in [0.1, 0.15) is 5.60 Å². The first kappa shape index (κ1) is 15.9. The zero-order valence-corrected chi connectivity index (χ0v) is 11.5. The number of ether oxygens (including phenoxy) is 3. The first-order chi connectivity index (χ1) is 8.78. The maximum absolute atomic E-state index is 11.1. The smallest absolute Gasteiger partial charge is 0.396 e. The number of amides is 1. The predicted octanol–water partition coefficient (Wildman–Crippen LogP) is -0.778. The molecule has 0 unspecified atom stereocenters. The zero-order chi connectivity index (χ0) is 14.5. The third-order valence-electron chi connectivity index (χ3n) is 2.82. The molecule has 1 aliphatic rings. The van der Waals surface area contributed by atoms with Crippen molar-refractivity contribution in [2.75, 3.05) is 33.5 Å². The molecule has 0 aliphatic carbocycles. The van der Waals surface area contributed by atoms with E-state index in [1.165, 1.54) is 7.05 Å². The van der Waals surface area contributed by atoms with Crippen LogP contribution >= 0.6 is 0 Å². The molecule has 1 aliphatic heterocycles. The van der Waals surface area contributed by atoms with Crippen LogP contribution in [0.1, 0.15) is 20.3 Å². The maximum Gasteiger partial charge on any atom is 0.396 e. The summed E-state index contributed by atoms with van der Waals surface area (Å²) in [5, 5.41) is 12.0. The largest absolute Gasteiger partial charge is 0.458 e. The molecule has 0 spiro atoms. The second kappa shape index (κ2) is 6.31. The highest BCUT2D eigenvalue weighted by Gasteiger charge is 2.38. The molecule has 1 heterocycles. The molecular formula is C12H21NO6. The van der Waals surface area contributed by atoms with Gasteiger partial charge in [-0.25, -0.2) is 4.79 Å². The third-order valence-corrected chi connectivity index (χ3v) is 2.82. The predicted molar refractivity (Wildman–Crippen MR) is 65.4 cm³/mol. The van der Waals surface area contributed by atoms with Crippen molar-refractivity contribution in [2.45, 2.75) is 31.5 Å². The fraction of sp³-hybridized carbons (Fsp3) is 0.833. The molecule has 2 N–H and O–H groups in total. The molecule has 1 saturated heterocycles. The molecule has 0 aromatic heterocycles. The van der Waals surface area contributed by atoms with Crippen molar-refractivity contribution in [2.24, 2.45) is 0 Å². The van der Waals surface area contributed by atoms with Gasteiger partial charge in [-0.2, -0.15) is 0 Å². The molecule has 0 bridgehead atoms. The quantitative estimate of drug-likeness (QED) is 0.488. The van der Waals surface area contributed by atoms with Crippen LogP contribution in [0.2, 0.25) is 0 Å². The Morgan fingerprint density at radius 2 is 2.05 bits per heavy atom. The Kier molecular flexibility index (Phi) is 5.28. The van der Waals surface area contributed by atoms with Gasteiger partial charge in [-0.1, -0.05) is 0 Å². The van der Waals surface area contributed by atoms with Gasteiger partial charge in [0.05, 0.1) is 32.0 Å². The lowest BCUT2D eigenvalue weighted by Crippen LogP contribution is -2.54. The van der Waals surface area contributed by atoms with Crippen molar-refractivity contribution in [3.05, 3.63) is 0 Å². The lowest BCUT2D eigenvalue weighted by molar-refractivity contribution is -0.222. The summed E-state index contributed by atoms with van der Waals surface area (Å²) in [6.07, 6.45) is 0.423. The molecule has 110 valence electrons. The molecule has 0 radical (unpaired) electrons. The lowest BCUT2D eigenvalue weighted by Gasteiger charge is -2.38. The number of carbonyl (C=O) groups excluding carboxylic acids is 2. The van der Waals surface area contributed by atoms with E-state index in [9.17, 15) is 14.7 Å². The van der Waals surface area contributed by atoms with Crippen LogP contribution in [0.3, 0.4) is 0 Å². The van der Waals surface area contributed by atoms with Gasteiger partial charge in [-0.15, -0.1) is 0 Å². The van der Waals surface area contributed by atoms with Gasteiger partial charge < -0.3 is 24.6 Å². The van der Waals surface area contributed by atoms with Gasteiger partial charge in [0.15, 0.2) is 0 Å². The standard InChI is InChI=1S/C12H21NO6/c1-11(2,19-8-12(16)6-17-7-12)4-5-18-10(15)9(14)13-3/h16H,4-8H2,1-3H3,(H,13,14). The molecule has 19 heavy (non-hydrogen) atoms. The molecule has 0 aromatic rings. The highest BCUT2D eigenvalue weighted by atomic mass is 16.6. The number of esters is 1. The van der Waals surface area contributed by atoms with E-state index in [0.717, 1.165) is 0 Å². The minimum Gasteiger partial charge on any atom is -0.458 e. The average molecular weight is 275 g/mol. The van der Waals surface area contributed by atoms with Crippen molar-refractivity contribution >= 4 is 11.9 Å². The summed E-state index contributed by atoms with van der Waals surface area (Å²) >= 11 is 0. The molecule has 0 atom stereocenters. The van der Waals surface area contributed by atoms with E-state index in [-0.39, 0.29) is 26.4 Å². The molecule has 1 rings (SSSR count). The lowest BCUT2D eigenvalue weighted by atomic mass is 10.0. The molecular weight excluding hydrogens is 254 g/mol. The van der Waals surface area contributed by atoms with Crippen molar-refractivity contribution in [1.82, 2.24) is 5.32 Å². The van der Waals surface area contributed by atoms with Crippen LogP contribution in [-0.4, -0.2) is 61.7 Å². The summed E-state index contributed by atoms with van der Waals surface area (Å²) in [6.45, 7) is 4.44. The first-order valence-electron chi connectivity index (χ1n) is 6.11. The fourth-order valence-corrected chi connectivity index (χ4v) is 1.38. The summed E-state index contributed by atoms with van der Waals surface area (Å²) in [5.74, 6) is -1.69. The average Bonchev–Trinajstić information content (AvgIpc) is 2.32. The van der Waals surface area contributed by atoms with E-state index in [0.29, 0.717) is 6.42 Å². The van der Waals surface area contributed by atoms with Gasteiger partial charge in [-0.3, -0.25) is 4.79 Å². The molecule has 1 fully saturated rings. The molecule has 0 saturated carbocycles. The van der Waals surface area contributed by atoms with Crippen molar-refractivity contribution < 1.29 is 28.9 Å². The molecule has 1 amide bonds. The van der Waals surface area contributed by atoms with Crippen LogP contribution < -0.4 is 5.32 Å². The van der Waals surface area contributed by atoms with Crippen LogP contribution in [0.4, 0.5) is 0 Å². The number of hydrogen-bond acceptors (Lipinski definition) is 6. The molecule has 7 nitrogen and oxygen atoms in total. The van der Waals surface area contributed by atoms with Crippen molar-refractivity contribution in [3.8, 4) is 0 Å². The van der Waals surface area contributed by atoms with E-state index in [1.54, 1.807) is 0 Å². The Morgan fingerprint density at radius 1 is 1.42 bits per heavy atom. The maximum atomic E-state index is 11.1. The number of rotatable bonds is 6. The summed E-state index contributed by atoms with van der Waals surface area (Å²) in [6, 6.07) is 0. The summed E-state index contributed by atoms with van der Waals surface area (Å²) < 4.78 is 15.3. The van der Waals surface area contributed by atoms with Crippen LogP contribution in [-0.2, 0) is 23.8 Å². The van der Waals surface area contributed by atoms with Gasteiger partial charge in [-0.05, 0) is 13.8 Å². The Bertz CT molecular complexity index is 337. The number of carbonyl (C=O) groups is 2. The highest BCUT2D eigenvalue weighted by Crippen LogP contribution is 2.22. The van der Waals surface area contributed by atoms with E-state index >= 15 is 0 Å². The topological polar surface area (TPSA) is 94.1 Å². The second-order valence-corrected chi connectivity index (χ2v) is 5.23. The van der Waals surface area contributed by atoms with Crippen LogP contribution in [0.25, 0.3) is 0 Å². The second-order valence-electron chi connectivity index (χ2n) is 5.23. The van der Waals surface area contributed by atoms with E-state index < -0.39 is 23.1 Å². The minimum atomic E-state index is -0.913. The van der Waals surface area contributed by atoms with E-state index in [4.69, 9.17) is 14.2 Å². The fourth-order valence-electron chi connectivity index (χ4n) is 1.38. The highest BCUT2D eigenvalue weighted by molar-refractivity contribution is 6.32. The van der Waals surface area contributed by atoms with Crippen molar-refractivity contribution in [3.63, 3.8) is 0 Å². The Morgan fingerprint density at radius 3 is 2.53 bits per heavy atom. The molecule has 0 aromatic carbocycles. The number of likely N-dealkylation sites (N-methyl/N-ethyl adjacent to an activating group) is 1. The van der Waals surface area contributed by atoms with Crippen LogP contribution in [0.15, 0.2) is 0 Å². The number of hydrogen-bond donors (Lipinski definition) is 2. The summed E-state index contributed by atoms with van der Waals surface area (Å²) in [7, 11) is 1.36. The normalized spacial score (nSPS) is 17.5. The SMILES string of the molecule is CNC(=O)C(=O)OCCC(C)(C)OCC1(O)COC1. The van der Waals surface area contributed by atoms with Gasteiger partial charge in [0, 0.05) is 13.5 Å². The van der Waals surface area contributed by atoms with E-state index in [2.05, 4.69) is 5.32 Å². The molecule has 7 heteroatoms. The summed E-state index contributed by atoms with van der Waals surface area (Å²) in [4.78, 5) is 22.0. The Hall–Kier alpha value is -1.18. The van der Waals surface area contributed by atoms with E-state index in [1.807, 2.05) is 13.8 Å². The zero-order valence-electron chi connectivity index (χ0n) is 11.5. The number of aliphatic hydroxyl groups is 1. The first-order valence-corrected chi connectivity index (χ1v) is 6.11. The monoisotopic (exact) mass is 275 g/mol. The van der Waals surface area contributed by atoms with Gasteiger partial charge in [0.2, 0.25) is 0 Å². The van der Waals surface area contributed by atoms with Crippen molar-refractivity contribution in [1.29, 1.82) is 0 Å². The van der Waals surface area contributed by atoms with Crippen LogP contribution in [0.5, 0.6) is 0 Å². The Balaban J connectivity index is 2.22. The third kappa shape index (κ3) is 5.14. The van der Waals surface area contributed by atoms with Gasteiger partial charge in [0.25, 0.3) is 0 Å². The van der Waals surface area contributed by atoms with Crippen LogP contribution in [0, 0.1) is 0 Å². The van der Waals surface area contributed by atoms with Gasteiger partial charge >= 0.3 is 11.9 Å².